The smallest absolute Gasteiger partial charge is 0.213 e. The van der Waals surface area contributed by atoms with Gasteiger partial charge < -0.3 is 8.80 Å². The van der Waals surface area contributed by atoms with Crippen LogP contribution in [0.3, 0.4) is 0 Å². The largest absolute Gasteiger partial charge is 0.411 e. The Labute approximate surface area is 62.3 Å². The third-order valence-electron chi connectivity index (χ3n) is 0.499. The van der Waals surface area contributed by atoms with E-state index in [1.54, 1.807) is 23.0 Å². The first-order valence-electron chi connectivity index (χ1n) is 2.01. The van der Waals surface area contributed by atoms with Gasteiger partial charge >= 0.3 is 0 Å². The molecule has 0 heterocycles. The normalized spacial score (nSPS) is 11.0. The molecule has 0 radical (unpaired) electrons. The van der Waals surface area contributed by atoms with Crippen LogP contribution in [0.4, 0.5) is 0 Å². The quantitative estimate of drug-likeness (QED) is 0.431. The Morgan fingerprint density at radius 3 is 2.75 bits per heavy atom. The van der Waals surface area contributed by atoms with E-state index >= 15 is 0 Å². The first-order chi connectivity index (χ1) is 3.85. The molecule has 0 saturated carbocycles. The fourth-order valence-electron chi connectivity index (χ4n) is 0.206. The van der Waals surface area contributed by atoms with Crippen molar-refractivity contribution in [3.8, 4) is 0 Å². The summed E-state index contributed by atoms with van der Waals surface area (Å²) in [5.74, 6) is 0.487. The topological polar surface area (TPSA) is 47.6 Å². The molecule has 4 heteroatoms. The molecule has 0 aliphatic heterocycles. The lowest BCUT2D eigenvalue weighted by atomic mass is 10.7. The van der Waals surface area contributed by atoms with E-state index in [1.165, 1.54) is 6.20 Å². The van der Waals surface area contributed by atoms with Crippen molar-refractivity contribution in [3.05, 3.63) is 12.8 Å². The summed E-state index contributed by atoms with van der Waals surface area (Å²) in [6.07, 6.45) is 1.39. The van der Waals surface area contributed by atoms with Crippen LogP contribution in [0, 0.1) is 0 Å². The molecule has 8 heavy (non-hydrogen) atoms. The van der Waals surface area contributed by atoms with Gasteiger partial charge in [0.15, 0.2) is 23.0 Å². The van der Waals surface area contributed by atoms with Crippen molar-refractivity contribution in [3.63, 3.8) is 0 Å². The predicted molar refractivity (Wildman–Crippen MR) is 41.8 cm³/mol. The van der Waals surface area contributed by atoms with Gasteiger partial charge in [-0.2, -0.15) is 0 Å². The van der Waals surface area contributed by atoms with Crippen LogP contribution in [0.1, 0.15) is 0 Å². The van der Waals surface area contributed by atoms with Crippen LogP contribution >= 0.6 is 23.0 Å². The van der Waals surface area contributed by atoms with E-state index < -0.39 is 0 Å². The Morgan fingerprint density at radius 1 is 2.00 bits per heavy atom. The fourth-order valence-corrected chi connectivity index (χ4v) is 0.499. The van der Waals surface area contributed by atoms with Gasteiger partial charge in [-0.05, 0) is 0 Å². The van der Waals surface area contributed by atoms with Crippen LogP contribution in [0.25, 0.3) is 0 Å². The van der Waals surface area contributed by atoms with Gasteiger partial charge in [-0.1, -0.05) is 6.58 Å². The summed E-state index contributed by atoms with van der Waals surface area (Å²) < 4.78 is 4.66. The van der Waals surface area contributed by atoms with Crippen molar-refractivity contribution < 1.29 is 3.07 Å². The van der Waals surface area contributed by atoms with Gasteiger partial charge in [0.2, 0.25) is 5.90 Å². The van der Waals surface area contributed by atoms with Gasteiger partial charge in [-0.15, -0.1) is 0 Å². The molecule has 0 atom stereocenters. The summed E-state index contributed by atoms with van der Waals surface area (Å²) in [5, 5.41) is 0. The maximum absolute atomic E-state index is 5.16. The highest BCUT2D eigenvalue weighted by molar-refractivity contribution is 14.1. The van der Waals surface area contributed by atoms with Gasteiger partial charge in [0, 0.05) is 6.20 Å². The van der Waals surface area contributed by atoms with Crippen LogP contribution in [0.15, 0.2) is 17.8 Å². The Kier molecular flexibility index (Phi) is 4.98. The van der Waals surface area contributed by atoms with E-state index in [4.69, 9.17) is 5.73 Å². The number of hydrogen-bond acceptors (Lipinski definition) is 3. The fraction of sp³-hybridized carbons (Fsp3) is 0.250. The molecular formula is C4H7IN2O. The van der Waals surface area contributed by atoms with Gasteiger partial charge in [0.05, 0.1) is 6.54 Å². The highest BCUT2D eigenvalue weighted by Crippen LogP contribution is 1.88. The van der Waals surface area contributed by atoms with Crippen LogP contribution in [-0.4, -0.2) is 12.4 Å². The summed E-state index contributed by atoms with van der Waals surface area (Å²) >= 11 is 1.71. The lowest BCUT2D eigenvalue weighted by Crippen LogP contribution is -2.12. The summed E-state index contributed by atoms with van der Waals surface area (Å²) in [6, 6.07) is 0. The second kappa shape index (κ2) is 5.04. The molecule has 3 nitrogen and oxygen atoms in total. The third-order valence-corrected chi connectivity index (χ3v) is 1.01. The van der Waals surface area contributed by atoms with Crippen molar-refractivity contribution >= 4 is 28.9 Å². The molecule has 46 valence electrons. The maximum Gasteiger partial charge on any atom is 0.213 e. The molecule has 0 rings (SSSR count). The van der Waals surface area contributed by atoms with Gasteiger partial charge in [0.1, 0.15) is 0 Å². The summed E-state index contributed by atoms with van der Waals surface area (Å²) in [6.45, 7) is 3.68. The Bertz CT molecular complexity index is 96.2. The molecule has 0 amide bonds. The van der Waals surface area contributed by atoms with Gasteiger partial charge in [-0.3, -0.25) is 0 Å². The molecule has 0 aliphatic rings. The third kappa shape index (κ3) is 2.98. The molecule has 0 bridgehead atoms. The molecule has 0 saturated heterocycles. The van der Waals surface area contributed by atoms with Crippen LogP contribution in [0.2, 0.25) is 0 Å². The van der Waals surface area contributed by atoms with Crippen LogP contribution in [0.5, 0.6) is 0 Å². The highest BCUT2D eigenvalue weighted by atomic mass is 127. The number of nitrogens with zero attached hydrogens (tertiary/aromatic N) is 1. The van der Waals surface area contributed by atoms with E-state index in [2.05, 4.69) is 14.6 Å². The van der Waals surface area contributed by atoms with Crippen molar-refractivity contribution in [2.75, 3.05) is 6.54 Å². The Hall–Kier alpha value is -0.100. The minimum Gasteiger partial charge on any atom is -0.411 e. The molecule has 0 aromatic heterocycles. The average molecular weight is 226 g/mol. The van der Waals surface area contributed by atoms with E-state index in [9.17, 15) is 0 Å². The second-order valence-electron chi connectivity index (χ2n) is 0.987. The first kappa shape index (κ1) is 7.90. The molecule has 0 fully saturated rings. The lowest BCUT2D eigenvalue weighted by Gasteiger charge is -1.92. The predicted octanol–water partition coefficient (Wildman–Crippen LogP) is 0.854. The minimum atomic E-state index is 0.314. The molecule has 0 aromatic carbocycles. The van der Waals surface area contributed by atoms with E-state index in [-0.39, 0.29) is 0 Å². The average Bonchev–Trinajstić information content (AvgIpc) is 1.83. The molecule has 0 unspecified atom stereocenters. The molecule has 2 N–H and O–H groups in total. The monoisotopic (exact) mass is 226 g/mol. The second-order valence-corrected chi connectivity index (χ2v) is 1.43. The molecule has 0 aliphatic carbocycles. The number of halogens is 1. The van der Waals surface area contributed by atoms with Gasteiger partial charge in [0.25, 0.3) is 0 Å². The Balaban J connectivity index is 3.66. The lowest BCUT2D eigenvalue weighted by molar-refractivity contribution is 0.701. The zero-order valence-electron chi connectivity index (χ0n) is 4.30. The molecule has 0 aromatic rings. The zero-order chi connectivity index (χ0) is 6.41. The van der Waals surface area contributed by atoms with Crippen LogP contribution < -0.4 is 5.73 Å². The number of rotatable bonds is 2. The Morgan fingerprint density at radius 2 is 2.62 bits per heavy atom. The summed E-state index contributed by atoms with van der Waals surface area (Å²) in [5.41, 5.74) is 5.16. The van der Waals surface area contributed by atoms with Gasteiger partial charge in [-0.25, -0.2) is 4.99 Å². The van der Waals surface area contributed by atoms with Crippen molar-refractivity contribution in [1.29, 1.82) is 0 Å². The van der Waals surface area contributed by atoms with Crippen molar-refractivity contribution in [1.82, 2.24) is 0 Å². The molecular weight excluding hydrogens is 219 g/mol. The minimum absolute atomic E-state index is 0.314. The van der Waals surface area contributed by atoms with Crippen molar-refractivity contribution in [2.24, 2.45) is 10.7 Å². The van der Waals surface area contributed by atoms with E-state index in [1.807, 2.05) is 0 Å². The number of aliphatic imine (C=N–C) groups is 1. The van der Waals surface area contributed by atoms with E-state index in [0.29, 0.717) is 12.4 Å². The number of nitrogens with two attached hydrogens (primary N) is 1. The van der Waals surface area contributed by atoms with Crippen LogP contribution in [-0.2, 0) is 3.07 Å². The SMILES string of the molecule is C=C/N=C(/CN)OI. The number of hydrogen-bond donors (Lipinski definition) is 1. The summed E-state index contributed by atoms with van der Waals surface area (Å²) in [4.78, 5) is 3.69. The standard InChI is InChI=1S/C4H7IN2O/c1-2-7-4(3-6)8-5/h2H,1,3,6H2/b7-4-. The highest BCUT2D eigenvalue weighted by Gasteiger charge is 1.88. The van der Waals surface area contributed by atoms with E-state index in [0.717, 1.165) is 0 Å². The van der Waals surface area contributed by atoms with Crippen molar-refractivity contribution in [2.45, 2.75) is 0 Å². The molecule has 0 spiro atoms. The first-order valence-corrected chi connectivity index (χ1v) is 2.89. The zero-order valence-corrected chi connectivity index (χ0v) is 6.46. The maximum atomic E-state index is 5.16. The summed E-state index contributed by atoms with van der Waals surface area (Å²) in [7, 11) is 0.